The van der Waals surface area contributed by atoms with Gasteiger partial charge in [-0.3, -0.25) is 14.8 Å². The van der Waals surface area contributed by atoms with Gasteiger partial charge in [0.15, 0.2) is 0 Å². The van der Waals surface area contributed by atoms with E-state index in [-0.39, 0.29) is 18.3 Å². The fraction of sp³-hybridized carbons (Fsp3) is 0.259. The fourth-order valence-corrected chi connectivity index (χ4v) is 4.21. The van der Waals surface area contributed by atoms with Crippen LogP contribution >= 0.6 is 0 Å². The van der Waals surface area contributed by atoms with Crippen LogP contribution in [-0.2, 0) is 17.8 Å². The molecule has 1 aliphatic heterocycles. The van der Waals surface area contributed by atoms with E-state index in [1.165, 1.54) is 19.2 Å². The van der Waals surface area contributed by atoms with Crippen LogP contribution < -0.4 is 10.1 Å². The van der Waals surface area contributed by atoms with E-state index in [0.29, 0.717) is 33.7 Å². The van der Waals surface area contributed by atoms with E-state index in [2.05, 4.69) is 20.4 Å². The van der Waals surface area contributed by atoms with Crippen molar-refractivity contribution in [2.24, 2.45) is 0 Å². The van der Waals surface area contributed by atoms with Gasteiger partial charge < -0.3 is 19.2 Å². The number of fused-ring (bicyclic) bond motifs is 1. The molecule has 2 aromatic heterocycles. The lowest BCUT2D eigenvalue weighted by Crippen LogP contribution is -2.35. The smallest absolute Gasteiger partial charge is 0.255 e. The minimum atomic E-state index is -0.292. The molecule has 0 bridgehead atoms. The molecule has 3 heterocycles. The topological polar surface area (TPSA) is 92.6 Å². The van der Waals surface area contributed by atoms with Gasteiger partial charge in [0.2, 0.25) is 0 Å². The molecule has 1 amide bonds. The number of methoxy groups -OCH3 is 1. The van der Waals surface area contributed by atoms with E-state index in [4.69, 9.17) is 13.9 Å². The highest BCUT2D eigenvalue weighted by molar-refractivity contribution is 6.05. The van der Waals surface area contributed by atoms with E-state index in [1.54, 1.807) is 24.3 Å². The first kappa shape index (κ1) is 23.8. The van der Waals surface area contributed by atoms with E-state index < -0.39 is 0 Å². The van der Waals surface area contributed by atoms with Crippen molar-refractivity contribution in [3.05, 3.63) is 82.7 Å². The first-order valence-corrected chi connectivity index (χ1v) is 11.8. The summed E-state index contributed by atoms with van der Waals surface area (Å²) in [5, 5.41) is 10.9. The Balaban J connectivity index is 1.30. The summed E-state index contributed by atoms with van der Waals surface area (Å²) in [6.07, 6.45) is 3.66. The lowest BCUT2D eigenvalue weighted by atomic mass is 10.1. The molecule has 36 heavy (non-hydrogen) atoms. The molecule has 0 atom stereocenters. The van der Waals surface area contributed by atoms with Crippen molar-refractivity contribution in [1.29, 1.82) is 0 Å². The van der Waals surface area contributed by atoms with Crippen molar-refractivity contribution in [3.63, 3.8) is 0 Å². The SMILES string of the molecule is COc1c(C(=O)NCc2ccc(CN3CCOCC3)o2)ccc2n[nH]c(/C=C/c3ccc(F)cc3)c12. The van der Waals surface area contributed by atoms with Gasteiger partial charge in [-0.2, -0.15) is 5.10 Å². The number of ether oxygens (including phenoxy) is 2. The zero-order chi connectivity index (χ0) is 24.9. The number of nitrogens with one attached hydrogen (secondary N) is 2. The maximum absolute atomic E-state index is 13.2. The van der Waals surface area contributed by atoms with Gasteiger partial charge in [-0.05, 0) is 48.0 Å². The number of carbonyl (C=O) groups is 1. The van der Waals surface area contributed by atoms with Crippen LogP contribution in [0.4, 0.5) is 4.39 Å². The minimum absolute atomic E-state index is 0.256. The van der Waals surface area contributed by atoms with Crippen LogP contribution in [0.1, 0.15) is 33.1 Å². The quantitative estimate of drug-likeness (QED) is 0.384. The third-order valence-corrected chi connectivity index (χ3v) is 6.09. The molecule has 2 aromatic carbocycles. The van der Waals surface area contributed by atoms with E-state index in [1.807, 2.05) is 24.3 Å². The highest BCUT2D eigenvalue weighted by Gasteiger charge is 2.19. The predicted octanol–water partition coefficient (Wildman–Crippen LogP) is 4.24. The van der Waals surface area contributed by atoms with Gasteiger partial charge in [-0.25, -0.2) is 4.39 Å². The minimum Gasteiger partial charge on any atom is -0.495 e. The molecule has 0 aliphatic carbocycles. The third kappa shape index (κ3) is 5.32. The van der Waals surface area contributed by atoms with Crippen LogP contribution in [0.25, 0.3) is 23.1 Å². The number of halogens is 1. The molecular formula is C27H27FN4O4. The normalized spacial score (nSPS) is 14.5. The highest BCUT2D eigenvalue weighted by Crippen LogP contribution is 2.32. The molecular weight excluding hydrogens is 463 g/mol. The molecule has 0 spiro atoms. The van der Waals surface area contributed by atoms with Crippen LogP contribution in [0.15, 0.2) is 52.9 Å². The number of aromatic nitrogens is 2. The Hall–Kier alpha value is -3.95. The highest BCUT2D eigenvalue weighted by atomic mass is 19.1. The van der Waals surface area contributed by atoms with Crippen molar-refractivity contribution >= 4 is 29.0 Å². The van der Waals surface area contributed by atoms with E-state index in [0.717, 1.165) is 44.2 Å². The van der Waals surface area contributed by atoms with Gasteiger partial charge in [0.05, 0.1) is 55.6 Å². The first-order chi connectivity index (χ1) is 17.6. The number of amides is 1. The lowest BCUT2D eigenvalue weighted by Gasteiger charge is -2.25. The fourth-order valence-electron chi connectivity index (χ4n) is 4.21. The molecule has 8 nitrogen and oxygen atoms in total. The predicted molar refractivity (Wildman–Crippen MR) is 134 cm³/mol. The number of benzene rings is 2. The van der Waals surface area contributed by atoms with Crippen LogP contribution in [0.3, 0.4) is 0 Å². The van der Waals surface area contributed by atoms with Crippen molar-refractivity contribution < 1.29 is 23.1 Å². The number of rotatable bonds is 8. The summed E-state index contributed by atoms with van der Waals surface area (Å²) < 4.78 is 30.1. The van der Waals surface area contributed by atoms with Crippen LogP contribution in [0.2, 0.25) is 0 Å². The summed E-state index contributed by atoms with van der Waals surface area (Å²) >= 11 is 0. The Labute approximate surface area is 207 Å². The molecule has 0 saturated carbocycles. The van der Waals surface area contributed by atoms with Crippen molar-refractivity contribution in [2.45, 2.75) is 13.1 Å². The Morgan fingerprint density at radius 2 is 1.89 bits per heavy atom. The van der Waals surface area contributed by atoms with Crippen molar-refractivity contribution in [2.75, 3.05) is 33.4 Å². The molecule has 0 radical (unpaired) electrons. The van der Waals surface area contributed by atoms with Crippen LogP contribution in [0.5, 0.6) is 5.75 Å². The summed E-state index contributed by atoms with van der Waals surface area (Å²) in [5.74, 6) is 1.38. The second-order valence-corrected chi connectivity index (χ2v) is 8.50. The number of nitrogens with zero attached hydrogens (tertiary/aromatic N) is 2. The Morgan fingerprint density at radius 1 is 1.11 bits per heavy atom. The van der Waals surface area contributed by atoms with Crippen molar-refractivity contribution in [3.8, 4) is 5.75 Å². The Kier molecular flexibility index (Phi) is 7.11. The van der Waals surface area contributed by atoms with Crippen molar-refractivity contribution in [1.82, 2.24) is 20.4 Å². The summed E-state index contributed by atoms with van der Waals surface area (Å²) in [6.45, 7) is 4.20. The maximum Gasteiger partial charge on any atom is 0.255 e. The van der Waals surface area contributed by atoms with Gasteiger partial charge in [-0.1, -0.05) is 18.2 Å². The molecule has 5 rings (SSSR count). The summed E-state index contributed by atoms with van der Waals surface area (Å²) in [4.78, 5) is 15.3. The third-order valence-electron chi connectivity index (χ3n) is 6.09. The van der Waals surface area contributed by atoms with Gasteiger partial charge >= 0.3 is 0 Å². The largest absolute Gasteiger partial charge is 0.495 e. The average Bonchev–Trinajstić information content (AvgIpc) is 3.53. The number of hydrogen-bond acceptors (Lipinski definition) is 6. The molecule has 1 fully saturated rings. The first-order valence-electron chi connectivity index (χ1n) is 11.8. The number of H-pyrrole nitrogens is 1. The van der Waals surface area contributed by atoms with Gasteiger partial charge in [0.1, 0.15) is 23.1 Å². The number of morpholine rings is 1. The number of hydrogen-bond donors (Lipinski definition) is 2. The standard InChI is InChI=1S/C27H27FN4O4/c1-34-26-22(27(33)29-16-20-7-8-21(36-20)17-32-12-14-35-15-13-32)9-11-24-25(26)23(30-31-24)10-4-18-2-5-19(28)6-3-18/h2-11H,12-17H2,1H3,(H,29,33)(H,30,31)/b10-4+. The second-order valence-electron chi connectivity index (χ2n) is 8.50. The molecule has 0 unspecified atom stereocenters. The van der Waals surface area contributed by atoms with Gasteiger partial charge in [0, 0.05) is 13.1 Å². The summed E-state index contributed by atoms with van der Waals surface area (Å²) in [7, 11) is 1.52. The lowest BCUT2D eigenvalue weighted by molar-refractivity contribution is 0.0312. The summed E-state index contributed by atoms with van der Waals surface area (Å²) in [5.41, 5.74) is 2.57. The summed E-state index contributed by atoms with van der Waals surface area (Å²) in [6, 6.07) is 13.4. The van der Waals surface area contributed by atoms with Gasteiger partial charge in [-0.15, -0.1) is 0 Å². The Morgan fingerprint density at radius 3 is 2.67 bits per heavy atom. The zero-order valence-corrected chi connectivity index (χ0v) is 19.9. The monoisotopic (exact) mass is 490 g/mol. The van der Waals surface area contributed by atoms with Gasteiger partial charge in [0.25, 0.3) is 5.91 Å². The molecule has 1 aliphatic rings. The molecule has 2 N–H and O–H groups in total. The average molecular weight is 491 g/mol. The molecule has 186 valence electrons. The molecule has 1 saturated heterocycles. The Bertz CT molecular complexity index is 1370. The number of carbonyl (C=O) groups excluding carboxylic acids is 1. The van der Waals surface area contributed by atoms with E-state index >= 15 is 0 Å². The number of aromatic amines is 1. The maximum atomic E-state index is 13.2. The zero-order valence-electron chi connectivity index (χ0n) is 19.9. The van der Waals surface area contributed by atoms with Crippen LogP contribution in [-0.4, -0.2) is 54.4 Å². The van der Waals surface area contributed by atoms with E-state index in [9.17, 15) is 9.18 Å². The van der Waals surface area contributed by atoms with Crippen LogP contribution in [0, 0.1) is 5.82 Å². The number of furan rings is 1. The molecule has 9 heteroatoms. The second kappa shape index (κ2) is 10.8. The molecule has 4 aromatic rings.